The molecular formula is C77H145NO5. The van der Waals surface area contributed by atoms with Gasteiger partial charge in [0.25, 0.3) is 0 Å². The van der Waals surface area contributed by atoms with Gasteiger partial charge in [0.15, 0.2) is 0 Å². The summed E-state index contributed by atoms with van der Waals surface area (Å²) in [6.45, 7) is 4.90. The van der Waals surface area contributed by atoms with Crippen LogP contribution in [-0.4, -0.2) is 47.4 Å². The Labute approximate surface area is 518 Å². The lowest BCUT2D eigenvalue weighted by molar-refractivity contribution is -0.143. The van der Waals surface area contributed by atoms with Crippen LogP contribution in [0.3, 0.4) is 0 Å². The van der Waals surface area contributed by atoms with Gasteiger partial charge in [0, 0.05) is 12.8 Å². The van der Waals surface area contributed by atoms with E-state index in [1.54, 1.807) is 6.08 Å². The Hall–Kier alpha value is -2.18. The minimum absolute atomic E-state index is 0.00554. The third kappa shape index (κ3) is 68.8. The number of esters is 1. The van der Waals surface area contributed by atoms with E-state index in [0.717, 1.165) is 51.4 Å². The van der Waals surface area contributed by atoms with Crippen molar-refractivity contribution in [2.24, 2.45) is 0 Å². The number of hydrogen-bond donors (Lipinski definition) is 3. The van der Waals surface area contributed by atoms with Crippen LogP contribution in [0.15, 0.2) is 48.6 Å². The summed E-state index contributed by atoms with van der Waals surface area (Å²) in [7, 11) is 0. The number of ether oxygens (including phenoxy) is 1. The van der Waals surface area contributed by atoms with E-state index in [-0.39, 0.29) is 18.5 Å². The molecule has 0 aliphatic rings. The van der Waals surface area contributed by atoms with Gasteiger partial charge < -0.3 is 20.3 Å². The summed E-state index contributed by atoms with van der Waals surface area (Å²) < 4.78 is 5.47. The van der Waals surface area contributed by atoms with Crippen LogP contribution in [0.2, 0.25) is 0 Å². The molecule has 2 unspecified atom stereocenters. The predicted molar refractivity (Wildman–Crippen MR) is 366 cm³/mol. The lowest BCUT2D eigenvalue weighted by Crippen LogP contribution is -2.45. The second kappa shape index (κ2) is 72.3. The Bertz CT molecular complexity index is 1390. The lowest BCUT2D eigenvalue weighted by atomic mass is 10.0. The first-order valence-corrected chi connectivity index (χ1v) is 37.4. The van der Waals surface area contributed by atoms with Gasteiger partial charge in [0.1, 0.15) is 0 Å². The normalized spacial score (nSPS) is 12.8. The van der Waals surface area contributed by atoms with Crippen LogP contribution in [0, 0.1) is 0 Å². The maximum Gasteiger partial charge on any atom is 0.305 e. The van der Waals surface area contributed by atoms with Gasteiger partial charge >= 0.3 is 5.97 Å². The number of aliphatic hydroxyl groups excluding tert-OH is 2. The van der Waals surface area contributed by atoms with Gasteiger partial charge in [-0.15, -0.1) is 0 Å². The SMILES string of the molecule is CCCC/C=C\CCCCCCCC(=O)OCCCCCCCCCCCCC/C=C\C/C=C\CCCCCCCCCCCCCCCCCCCC(=O)NC(CO)C(O)/C=C/CCCCCCCCCCCCCCCCCCCC. The highest BCUT2D eigenvalue weighted by atomic mass is 16.5. The van der Waals surface area contributed by atoms with Gasteiger partial charge in [-0.2, -0.15) is 0 Å². The van der Waals surface area contributed by atoms with Gasteiger partial charge in [-0.05, 0) is 83.5 Å². The summed E-state index contributed by atoms with van der Waals surface area (Å²) in [5, 5.41) is 23.3. The zero-order valence-electron chi connectivity index (χ0n) is 55.9. The van der Waals surface area contributed by atoms with E-state index in [1.165, 1.54) is 327 Å². The average Bonchev–Trinajstić information content (AvgIpc) is 3.49. The fourth-order valence-corrected chi connectivity index (χ4v) is 11.6. The number of amides is 1. The van der Waals surface area contributed by atoms with E-state index in [4.69, 9.17) is 4.74 Å². The van der Waals surface area contributed by atoms with Gasteiger partial charge in [-0.1, -0.05) is 358 Å². The fourth-order valence-electron chi connectivity index (χ4n) is 11.6. The van der Waals surface area contributed by atoms with E-state index in [0.29, 0.717) is 19.4 Å². The molecule has 6 heteroatoms. The van der Waals surface area contributed by atoms with Crippen LogP contribution in [0.25, 0.3) is 0 Å². The molecule has 0 rings (SSSR count). The molecule has 3 N–H and O–H groups in total. The highest BCUT2D eigenvalue weighted by molar-refractivity contribution is 5.76. The number of rotatable bonds is 70. The Morgan fingerprint density at radius 3 is 0.964 bits per heavy atom. The molecule has 0 aliphatic heterocycles. The minimum atomic E-state index is -0.844. The summed E-state index contributed by atoms with van der Waals surface area (Å²) in [4.78, 5) is 24.5. The molecule has 0 aromatic heterocycles. The van der Waals surface area contributed by atoms with Crippen molar-refractivity contribution in [2.45, 2.75) is 418 Å². The van der Waals surface area contributed by atoms with Crippen molar-refractivity contribution in [3.8, 4) is 0 Å². The van der Waals surface area contributed by atoms with Crippen molar-refractivity contribution >= 4 is 11.9 Å². The van der Waals surface area contributed by atoms with Crippen molar-refractivity contribution in [3.05, 3.63) is 48.6 Å². The molecule has 0 aromatic carbocycles. The van der Waals surface area contributed by atoms with E-state index < -0.39 is 12.1 Å². The van der Waals surface area contributed by atoms with Crippen LogP contribution in [-0.2, 0) is 14.3 Å². The number of aliphatic hydroxyl groups is 2. The molecule has 0 aromatic rings. The Morgan fingerprint density at radius 1 is 0.337 bits per heavy atom. The standard InChI is InChI=1S/C77H145NO5/c1-3-5-7-9-11-13-15-16-17-18-19-37-40-43-46-50-53-57-61-65-69-75(80)74(73-79)78-76(81)70-66-62-58-54-51-47-44-41-38-35-33-31-29-27-25-23-21-20-22-24-26-28-30-32-34-36-39-42-45-48-52-56-60-64-68-72-83-77(82)71-67-63-59-55-49-14-12-10-8-6-4-2/h10,12,22,24,28,30,65,69,74-75,79-80H,3-9,11,13-21,23,25-27,29,31-64,66-68,70-73H2,1-2H3,(H,78,81)/b12-10-,24-22-,30-28-,69-65+. The highest BCUT2D eigenvalue weighted by Crippen LogP contribution is 2.19. The van der Waals surface area contributed by atoms with E-state index in [2.05, 4.69) is 55.6 Å². The van der Waals surface area contributed by atoms with Gasteiger partial charge in [-0.25, -0.2) is 0 Å². The number of carbonyl (C=O) groups is 2. The molecule has 0 saturated heterocycles. The molecule has 2 atom stereocenters. The largest absolute Gasteiger partial charge is 0.466 e. The lowest BCUT2D eigenvalue weighted by Gasteiger charge is -2.20. The van der Waals surface area contributed by atoms with Gasteiger partial charge in [0.05, 0.1) is 25.4 Å². The number of nitrogens with one attached hydrogen (secondary N) is 1. The second-order valence-electron chi connectivity index (χ2n) is 25.6. The molecule has 0 saturated carbocycles. The monoisotopic (exact) mass is 1160 g/mol. The molecule has 0 spiro atoms. The van der Waals surface area contributed by atoms with Crippen molar-refractivity contribution in [1.29, 1.82) is 0 Å². The second-order valence-corrected chi connectivity index (χ2v) is 25.6. The smallest absolute Gasteiger partial charge is 0.305 e. The average molecular weight is 1170 g/mol. The summed E-state index contributed by atoms with van der Waals surface area (Å²) in [5.74, 6) is -0.0565. The third-order valence-electron chi connectivity index (χ3n) is 17.3. The van der Waals surface area contributed by atoms with Gasteiger partial charge in [-0.3, -0.25) is 9.59 Å². The molecule has 0 fully saturated rings. The summed E-state index contributed by atoms with van der Waals surface area (Å²) >= 11 is 0. The molecule has 488 valence electrons. The first kappa shape index (κ1) is 80.8. The van der Waals surface area contributed by atoms with E-state index in [9.17, 15) is 19.8 Å². The van der Waals surface area contributed by atoms with Crippen molar-refractivity contribution in [3.63, 3.8) is 0 Å². The summed E-state index contributed by atoms with van der Waals surface area (Å²) in [6.07, 6.45) is 95.0. The van der Waals surface area contributed by atoms with Crippen LogP contribution in [0.5, 0.6) is 0 Å². The molecule has 0 radical (unpaired) electrons. The van der Waals surface area contributed by atoms with Crippen LogP contribution in [0.4, 0.5) is 0 Å². The van der Waals surface area contributed by atoms with Crippen molar-refractivity contribution < 1.29 is 24.5 Å². The van der Waals surface area contributed by atoms with Crippen molar-refractivity contribution in [1.82, 2.24) is 5.32 Å². The summed E-state index contributed by atoms with van der Waals surface area (Å²) in [6, 6.07) is -0.627. The molecule has 0 heterocycles. The number of allylic oxidation sites excluding steroid dienone is 7. The van der Waals surface area contributed by atoms with Gasteiger partial charge in [0.2, 0.25) is 5.91 Å². The van der Waals surface area contributed by atoms with Crippen LogP contribution in [0.1, 0.15) is 406 Å². The summed E-state index contributed by atoms with van der Waals surface area (Å²) in [5.41, 5.74) is 0. The molecule has 0 aliphatic carbocycles. The quantitative estimate of drug-likeness (QED) is 0.0320. The molecule has 6 nitrogen and oxygen atoms in total. The number of carbonyl (C=O) groups excluding carboxylic acids is 2. The van der Waals surface area contributed by atoms with Crippen LogP contribution < -0.4 is 5.32 Å². The Morgan fingerprint density at radius 2 is 0.614 bits per heavy atom. The van der Waals surface area contributed by atoms with E-state index >= 15 is 0 Å². The Balaban J connectivity index is 3.40. The van der Waals surface area contributed by atoms with Crippen LogP contribution >= 0.6 is 0 Å². The minimum Gasteiger partial charge on any atom is -0.466 e. The zero-order valence-corrected chi connectivity index (χ0v) is 55.9. The number of hydrogen-bond acceptors (Lipinski definition) is 5. The molecule has 0 bridgehead atoms. The fraction of sp³-hybridized carbons (Fsp3) is 0.870. The first-order chi connectivity index (χ1) is 41.0. The molecule has 83 heavy (non-hydrogen) atoms. The van der Waals surface area contributed by atoms with E-state index in [1.807, 2.05) is 6.08 Å². The molecule has 1 amide bonds. The maximum absolute atomic E-state index is 12.5. The molecular weight excluding hydrogens is 1020 g/mol. The zero-order chi connectivity index (χ0) is 59.9. The van der Waals surface area contributed by atoms with Crippen molar-refractivity contribution in [2.75, 3.05) is 13.2 Å². The number of unbranched alkanes of at least 4 members (excludes halogenated alkanes) is 53. The first-order valence-electron chi connectivity index (χ1n) is 37.4. The maximum atomic E-state index is 12.5. The highest BCUT2D eigenvalue weighted by Gasteiger charge is 2.18. The third-order valence-corrected chi connectivity index (χ3v) is 17.3. The predicted octanol–water partition coefficient (Wildman–Crippen LogP) is 24.4. The Kier molecular flexibility index (Phi) is 70.4. The topological polar surface area (TPSA) is 95.9 Å².